The van der Waals surface area contributed by atoms with E-state index >= 15 is 0 Å². The Morgan fingerprint density at radius 2 is 1.89 bits per heavy atom. The van der Waals surface area contributed by atoms with Crippen LogP contribution >= 0.6 is 23.2 Å². The third-order valence-electron chi connectivity index (χ3n) is 4.28. The Morgan fingerprint density at radius 3 is 2.71 bits per heavy atom. The number of nitrogens with zero attached hydrogens (tertiary/aromatic N) is 5. The molecule has 28 heavy (non-hydrogen) atoms. The quantitative estimate of drug-likeness (QED) is 0.536. The van der Waals surface area contributed by atoms with Crippen molar-refractivity contribution in [2.45, 2.75) is 20.0 Å². The lowest BCUT2D eigenvalue weighted by molar-refractivity contribution is -0.116. The molecule has 2 aromatic carbocycles. The van der Waals surface area contributed by atoms with Crippen molar-refractivity contribution in [1.29, 1.82) is 0 Å². The van der Waals surface area contributed by atoms with Crippen LogP contribution in [0.1, 0.15) is 11.3 Å². The predicted molar refractivity (Wildman–Crippen MR) is 109 cm³/mol. The first-order valence-electron chi connectivity index (χ1n) is 8.56. The molecule has 9 heteroatoms. The molecule has 1 amide bonds. The molecule has 1 N–H and O–H groups in total. The van der Waals surface area contributed by atoms with Crippen molar-refractivity contribution in [2.75, 3.05) is 5.32 Å². The molecule has 0 spiro atoms. The highest BCUT2D eigenvalue weighted by Crippen LogP contribution is 2.23. The van der Waals surface area contributed by atoms with E-state index in [-0.39, 0.29) is 12.5 Å². The monoisotopic (exact) mass is 414 g/mol. The molecule has 0 aliphatic carbocycles. The van der Waals surface area contributed by atoms with Crippen LogP contribution in [0.5, 0.6) is 0 Å². The summed E-state index contributed by atoms with van der Waals surface area (Å²) in [5.41, 5.74) is 3.43. The summed E-state index contributed by atoms with van der Waals surface area (Å²) >= 11 is 12.0. The highest BCUT2D eigenvalue weighted by Gasteiger charge is 2.12. The SMILES string of the molecule is Cc1cc(NC(=O)Cn2nnc3ccccc32)nn1Cc1ccc(Cl)c(Cl)c1. The summed E-state index contributed by atoms with van der Waals surface area (Å²) in [6, 6.07) is 14.8. The molecule has 0 atom stereocenters. The van der Waals surface area contributed by atoms with Gasteiger partial charge in [0.2, 0.25) is 5.91 Å². The molecule has 0 unspecified atom stereocenters. The largest absolute Gasteiger partial charge is 0.308 e. The molecule has 7 nitrogen and oxygen atoms in total. The van der Waals surface area contributed by atoms with Crippen LogP contribution in [0.25, 0.3) is 11.0 Å². The lowest BCUT2D eigenvalue weighted by atomic mass is 10.2. The van der Waals surface area contributed by atoms with Gasteiger partial charge in [-0.05, 0) is 36.8 Å². The van der Waals surface area contributed by atoms with Crippen LogP contribution in [0.4, 0.5) is 5.82 Å². The summed E-state index contributed by atoms with van der Waals surface area (Å²) in [5, 5.41) is 16.3. The van der Waals surface area contributed by atoms with Crippen LogP contribution in [0.15, 0.2) is 48.5 Å². The summed E-state index contributed by atoms with van der Waals surface area (Å²) in [6.45, 7) is 2.50. The summed E-state index contributed by atoms with van der Waals surface area (Å²) < 4.78 is 3.35. The average molecular weight is 415 g/mol. The van der Waals surface area contributed by atoms with E-state index in [4.69, 9.17) is 23.2 Å². The van der Waals surface area contributed by atoms with Gasteiger partial charge in [-0.15, -0.1) is 5.10 Å². The Labute approximate surface area is 170 Å². The molecule has 2 aromatic heterocycles. The van der Waals surface area contributed by atoms with Gasteiger partial charge in [-0.3, -0.25) is 9.48 Å². The van der Waals surface area contributed by atoms with E-state index in [1.165, 1.54) is 0 Å². The number of halogens is 2. The van der Waals surface area contributed by atoms with E-state index < -0.39 is 0 Å². The number of aryl methyl sites for hydroxylation is 1. The molecule has 0 bridgehead atoms. The van der Waals surface area contributed by atoms with Crippen molar-refractivity contribution in [3.8, 4) is 0 Å². The second kappa shape index (κ2) is 7.61. The number of benzene rings is 2. The maximum absolute atomic E-state index is 12.4. The van der Waals surface area contributed by atoms with Gasteiger partial charge in [-0.2, -0.15) is 5.10 Å². The van der Waals surface area contributed by atoms with Crippen molar-refractivity contribution in [1.82, 2.24) is 24.8 Å². The van der Waals surface area contributed by atoms with Gasteiger partial charge < -0.3 is 5.32 Å². The van der Waals surface area contributed by atoms with E-state index in [0.717, 1.165) is 22.3 Å². The van der Waals surface area contributed by atoms with E-state index in [2.05, 4.69) is 20.7 Å². The van der Waals surface area contributed by atoms with Crippen LogP contribution in [-0.4, -0.2) is 30.7 Å². The smallest absolute Gasteiger partial charge is 0.247 e. The number of rotatable bonds is 5. The van der Waals surface area contributed by atoms with Crippen molar-refractivity contribution >= 4 is 46.0 Å². The summed E-state index contributed by atoms with van der Waals surface area (Å²) in [6.07, 6.45) is 0. The number of fused-ring (bicyclic) bond motifs is 1. The molecule has 2 heterocycles. The van der Waals surface area contributed by atoms with Crippen LogP contribution in [-0.2, 0) is 17.9 Å². The van der Waals surface area contributed by atoms with E-state index in [0.29, 0.717) is 22.4 Å². The Kier molecular flexibility index (Phi) is 5.02. The second-order valence-corrected chi connectivity index (χ2v) is 7.18. The minimum atomic E-state index is -0.227. The van der Waals surface area contributed by atoms with Crippen molar-refractivity contribution in [3.05, 3.63) is 69.8 Å². The summed E-state index contributed by atoms with van der Waals surface area (Å²) in [7, 11) is 0. The minimum absolute atomic E-state index is 0.0548. The number of hydrogen-bond donors (Lipinski definition) is 1. The second-order valence-electron chi connectivity index (χ2n) is 6.36. The van der Waals surface area contributed by atoms with Crippen molar-refractivity contribution < 1.29 is 4.79 Å². The van der Waals surface area contributed by atoms with E-state index in [1.54, 1.807) is 21.5 Å². The Bertz CT molecular complexity index is 1170. The molecular formula is C19H16Cl2N6O. The normalized spacial score (nSPS) is 11.1. The first kappa shape index (κ1) is 18.5. The van der Waals surface area contributed by atoms with Gasteiger partial charge in [0.15, 0.2) is 5.82 Å². The first-order chi connectivity index (χ1) is 13.5. The highest BCUT2D eigenvalue weighted by molar-refractivity contribution is 6.42. The molecule has 0 radical (unpaired) electrons. The van der Waals surface area contributed by atoms with Gasteiger partial charge >= 0.3 is 0 Å². The van der Waals surface area contributed by atoms with Gasteiger partial charge in [-0.25, -0.2) is 4.68 Å². The zero-order valence-electron chi connectivity index (χ0n) is 14.9. The number of anilines is 1. The van der Waals surface area contributed by atoms with Crippen LogP contribution in [0.3, 0.4) is 0 Å². The first-order valence-corrected chi connectivity index (χ1v) is 9.31. The van der Waals surface area contributed by atoms with Gasteiger partial charge in [0.1, 0.15) is 12.1 Å². The number of nitrogens with one attached hydrogen (secondary N) is 1. The van der Waals surface area contributed by atoms with Crippen molar-refractivity contribution in [3.63, 3.8) is 0 Å². The average Bonchev–Trinajstić information content (AvgIpc) is 3.22. The Morgan fingerprint density at radius 1 is 1.07 bits per heavy atom. The number of amides is 1. The summed E-state index contributed by atoms with van der Waals surface area (Å²) in [5.74, 6) is 0.252. The Hall–Kier alpha value is -2.90. The van der Waals surface area contributed by atoms with Crippen molar-refractivity contribution in [2.24, 2.45) is 0 Å². The van der Waals surface area contributed by atoms with Crippen LogP contribution in [0.2, 0.25) is 10.0 Å². The fourth-order valence-corrected chi connectivity index (χ4v) is 3.22. The number of para-hydroxylation sites is 1. The summed E-state index contributed by atoms with van der Waals surface area (Å²) in [4.78, 5) is 12.4. The van der Waals surface area contributed by atoms with E-state index in [9.17, 15) is 4.79 Å². The molecular weight excluding hydrogens is 399 g/mol. The molecule has 4 aromatic rings. The lowest BCUT2D eigenvalue weighted by Gasteiger charge is -2.06. The lowest BCUT2D eigenvalue weighted by Crippen LogP contribution is -2.20. The minimum Gasteiger partial charge on any atom is -0.308 e. The molecule has 142 valence electrons. The fraction of sp³-hybridized carbons (Fsp3) is 0.158. The maximum Gasteiger partial charge on any atom is 0.247 e. The van der Waals surface area contributed by atoms with Gasteiger partial charge in [0, 0.05) is 11.8 Å². The number of carbonyl (C=O) groups is 1. The predicted octanol–water partition coefficient (Wildman–Crippen LogP) is 3.93. The third-order valence-corrected chi connectivity index (χ3v) is 5.02. The topological polar surface area (TPSA) is 77.6 Å². The Balaban J connectivity index is 1.45. The number of carbonyl (C=O) groups excluding carboxylic acids is 1. The van der Waals surface area contributed by atoms with E-state index in [1.807, 2.05) is 43.3 Å². The molecule has 0 saturated carbocycles. The highest BCUT2D eigenvalue weighted by atomic mass is 35.5. The molecule has 0 aliphatic heterocycles. The third kappa shape index (κ3) is 3.85. The van der Waals surface area contributed by atoms with Crippen LogP contribution in [0, 0.1) is 6.92 Å². The van der Waals surface area contributed by atoms with Crippen LogP contribution < -0.4 is 5.32 Å². The zero-order chi connectivity index (χ0) is 19.7. The standard InChI is InChI=1S/C19H16Cl2N6O/c1-12-8-18(24-26(12)10-13-6-7-14(20)15(21)9-13)22-19(28)11-27-17-5-3-2-4-16(17)23-25-27/h2-9H,10-11H2,1H3,(H,22,24,28). The van der Waals surface area contributed by atoms with Gasteiger partial charge in [0.25, 0.3) is 0 Å². The van der Waals surface area contributed by atoms with Gasteiger partial charge in [0.05, 0.1) is 22.1 Å². The molecule has 0 aliphatic rings. The zero-order valence-corrected chi connectivity index (χ0v) is 16.4. The number of hydrogen-bond acceptors (Lipinski definition) is 4. The molecule has 4 rings (SSSR count). The molecule has 0 saturated heterocycles. The molecule has 0 fully saturated rings. The number of aromatic nitrogens is 5. The van der Waals surface area contributed by atoms with Gasteiger partial charge in [-0.1, -0.05) is 46.6 Å². The maximum atomic E-state index is 12.4. The fourth-order valence-electron chi connectivity index (χ4n) is 2.89.